The van der Waals surface area contributed by atoms with E-state index in [-0.39, 0.29) is 18.5 Å². The maximum absolute atomic E-state index is 11.7. The van der Waals surface area contributed by atoms with E-state index < -0.39 is 0 Å². The number of halogens is 1. The van der Waals surface area contributed by atoms with Crippen LogP contribution in [0.15, 0.2) is 24.3 Å². The van der Waals surface area contributed by atoms with Gasteiger partial charge in [0.15, 0.2) is 0 Å². The predicted molar refractivity (Wildman–Crippen MR) is 76.2 cm³/mol. The van der Waals surface area contributed by atoms with Crippen LogP contribution in [-0.2, 0) is 11.3 Å². The second-order valence-electron chi connectivity index (χ2n) is 4.50. The molecule has 0 bridgehead atoms. The number of rotatable bonds is 5. The molecule has 0 spiro atoms. The van der Waals surface area contributed by atoms with Crippen molar-refractivity contribution in [3.05, 3.63) is 29.3 Å². The van der Waals surface area contributed by atoms with Gasteiger partial charge in [-0.25, -0.2) is 0 Å². The molecule has 0 fully saturated rings. The summed E-state index contributed by atoms with van der Waals surface area (Å²) in [6.45, 7) is 4.00. The number of benzene rings is 1. The summed E-state index contributed by atoms with van der Waals surface area (Å²) in [7, 11) is 0. The van der Waals surface area contributed by atoms with Crippen molar-refractivity contribution in [2.45, 2.75) is 32.9 Å². The molecular formula is C13H16ClN5O. The van der Waals surface area contributed by atoms with Crippen molar-refractivity contribution in [3.8, 4) is 11.4 Å². The molecule has 106 valence electrons. The lowest BCUT2D eigenvalue weighted by molar-refractivity contribution is -0.122. The smallest absolute Gasteiger partial charge is 0.243 e. The Hall–Kier alpha value is -1.95. The molecule has 0 saturated carbocycles. The summed E-state index contributed by atoms with van der Waals surface area (Å²) in [4.78, 5) is 13.0. The van der Waals surface area contributed by atoms with E-state index in [1.165, 1.54) is 4.80 Å². The third-order valence-corrected chi connectivity index (χ3v) is 3.20. The lowest BCUT2D eigenvalue weighted by Gasteiger charge is -2.10. The summed E-state index contributed by atoms with van der Waals surface area (Å²) in [5, 5.41) is 15.3. The van der Waals surface area contributed by atoms with Crippen LogP contribution in [0.4, 0.5) is 0 Å². The van der Waals surface area contributed by atoms with Gasteiger partial charge in [-0.15, -0.1) is 10.2 Å². The van der Waals surface area contributed by atoms with Crippen LogP contribution < -0.4 is 5.32 Å². The molecule has 1 amide bonds. The highest BCUT2D eigenvalue weighted by Crippen LogP contribution is 2.23. The van der Waals surface area contributed by atoms with Gasteiger partial charge in [-0.1, -0.05) is 30.7 Å². The summed E-state index contributed by atoms with van der Waals surface area (Å²) in [6, 6.07) is 7.37. The molecule has 0 aliphatic heterocycles. The van der Waals surface area contributed by atoms with Gasteiger partial charge in [-0.3, -0.25) is 4.79 Å². The number of nitrogens with one attached hydrogen (secondary N) is 1. The zero-order valence-corrected chi connectivity index (χ0v) is 12.1. The maximum atomic E-state index is 11.7. The minimum Gasteiger partial charge on any atom is -0.352 e. The fourth-order valence-electron chi connectivity index (χ4n) is 1.61. The van der Waals surface area contributed by atoms with Gasteiger partial charge >= 0.3 is 0 Å². The summed E-state index contributed by atoms with van der Waals surface area (Å²) in [5.41, 5.74) is 0.697. The number of carbonyl (C=O) groups is 1. The van der Waals surface area contributed by atoms with E-state index in [4.69, 9.17) is 11.6 Å². The fourth-order valence-corrected chi connectivity index (χ4v) is 1.83. The van der Waals surface area contributed by atoms with Gasteiger partial charge in [0.25, 0.3) is 0 Å². The molecule has 1 N–H and O–H groups in total. The Morgan fingerprint density at radius 3 is 2.90 bits per heavy atom. The number of nitrogens with zero attached hydrogens (tertiary/aromatic N) is 4. The van der Waals surface area contributed by atoms with Crippen LogP contribution in [0.5, 0.6) is 0 Å². The van der Waals surface area contributed by atoms with Gasteiger partial charge < -0.3 is 5.32 Å². The molecule has 7 heteroatoms. The summed E-state index contributed by atoms with van der Waals surface area (Å²) < 4.78 is 0. The second-order valence-corrected chi connectivity index (χ2v) is 4.91. The molecule has 1 aromatic heterocycles. The second kappa shape index (κ2) is 6.47. The van der Waals surface area contributed by atoms with Crippen molar-refractivity contribution in [1.82, 2.24) is 25.5 Å². The van der Waals surface area contributed by atoms with Gasteiger partial charge in [0.05, 0.1) is 5.02 Å². The Labute approximate surface area is 122 Å². The van der Waals surface area contributed by atoms with Crippen LogP contribution in [0.2, 0.25) is 5.02 Å². The monoisotopic (exact) mass is 293 g/mol. The van der Waals surface area contributed by atoms with E-state index >= 15 is 0 Å². The normalized spacial score (nSPS) is 12.2. The van der Waals surface area contributed by atoms with Gasteiger partial charge in [0.2, 0.25) is 11.7 Å². The van der Waals surface area contributed by atoms with Gasteiger partial charge in [0, 0.05) is 11.6 Å². The summed E-state index contributed by atoms with van der Waals surface area (Å²) in [5.74, 6) is 0.273. The van der Waals surface area contributed by atoms with Gasteiger partial charge in [-0.05, 0) is 30.7 Å². The largest absolute Gasteiger partial charge is 0.352 e. The van der Waals surface area contributed by atoms with Crippen molar-refractivity contribution in [2.24, 2.45) is 0 Å². The number of aromatic nitrogens is 4. The highest BCUT2D eigenvalue weighted by atomic mass is 35.5. The van der Waals surface area contributed by atoms with Crippen LogP contribution >= 0.6 is 11.6 Å². The molecular weight excluding hydrogens is 278 g/mol. The van der Waals surface area contributed by atoms with Crippen LogP contribution in [0.1, 0.15) is 20.3 Å². The topological polar surface area (TPSA) is 72.7 Å². The fraction of sp³-hybridized carbons (Fsp3) is 0.385. The Morgan fingerprint density at radius 2 is 2.20 bits per heavy atom. The highest BCUT2D eigenvalue weighted by Gasteiger charge is 2.12. The molecule has 0 aliphatic rings. The number of hydrogen-bond acceptors (Lipinski definition) is 4. The molecule has 1 unspecified atom stereocenters. The number of hydrogen-bond donors (Lipinski definition) is 1. The Kier molecular flexibility index (Phi) is 4.68. The van der Waals surface area contributed by atoms with E-state index in [2.05, 4.69) is 20.7 Å². The number of amides is 1. The quantitative estimate of drug-likeness (QED) is 0.914. The first-order valence-corrected chi connectivity index (χ1v) is 6.80. The molecule has 6 nitrogen and oxygen atoms in total. The summed E-state index contributed by atoms with van der Waals surface area (Å²) >= 11 is 6.07. The van der Waals surface area contributed by atoms with Crippen molar-refractivity contribution >= 4 is 17.5 Å². The van der Waals surface area contributed by atoms with Crippen molar-refractivity contribution < 1.29 is 4.79 Å². The van der Waals surface area contributed by atoms with E-state index in [0.29, 0.717) is 16.4 Å². The first-order chi connectivity index (χ1) is 9.60. The molecule has 0 saturated heterocycles. The third-order valence-electron chi connectivity index (χ3n) is 2.87. The average Bonchev–Trinajstić information content (AvgIpc) is 2.87. The SMILES string of the molecule is CCC(C)NC(=O)Cn1nnc(-c2ccccc2Cl)n1. The Morgan fingerprint density at radius 1 is 1.45 bits per heavy atom. The molecule has 2 rings (SSSR count). The van der Waals surface area contributed by atoms with E-state index in [1.54, 1.807) is 6.07 Å². The van der Waals surface area contributed by atoms with Crippen LogP contribution in [-0.4, -0.2) is 32.2 Å². The van der Waals surface area contributed by atoms with Gasteiger partial charge in [-0.2, -0.15) is 4.80 Å². The van der Waals surface area contributed by atoms with E-state index in [1.807, 2.05) is 32.0 Å². The van der Waals surface area contributed by atoms with Crippen molar-refractivity contribution in [2.75, 3.05) is 0 Å². The lowest BCUT2D eigenvalue weighted by Crippen LogP contribution is -2.35. The Balaban J connectivity index is 2.06. The standard InChI is InChI=1S/C13H16ClN5O/c1-3-9(2)15-12(20)8-19-17-13(16-18-19)10-6-4-5-7-11(10)14/h4-7,9H,3,8H2,1-2H3,(H,15,20). The molecule has 1 aromatic carbocycles. The van der Waals surface area contributed by atoms with Crippen molar-refractivity contribution in [1.29, 1.82) is 0 Å². The van der Waals surface area contributed by atoms with Crippen molar-refractivity contribution in [3.63, 3.8) is 0 Å². The van der Waals surface area contributed by atoms with Crippen LogP contribution in [0.3, 0.4) is 0 Å². The minimum absolute atomic E-state index is 0.0434. The number of tetrazole rings is 1. The van der Waals surface area contributed by atoms with Gasteiger partial charge in [0.1, 0.15) is 6.54 Å². The maximum Gasteiger partial charge on any atom is 0.243 e. The van der Waals surface area contributed by atoms with Crippen LogP contribution in [0, 0.1) is 0 Å². The minimum atomic E-state index is -0.137. The molecule has 0 aliphatic carbocycles. The zero-order valence-electron chi connectivity index (χ0n) is 11.4. The van der Waals surface area contributed by atoms with E-state index in [9.17, 15) is 4.79 Å². The summed E-state index contributed by atoms with van der Waals surface area (Å²) in [6.07, 6.45) is 0.876. The first-order valence-electron chi connectivity index (χ1n) is 6.42. The van der Waals surface area contributed by atoms with Crippen LogP contribution in [0.25, 0.3) is 11.4 Å². The lowest BCUT2D eigenvalue weighted by atomic mass is 10.2. The molecule has 1 atom stereocenters. The predicted octanol–water partition coefficient (Wildman–Crippen LogP) is 1.91. The molecule has 1 heterocycles. The molecule has 20 heavy (non-hydrogen) atoms. The number of carbonyl (C=O) groups excluding carboxylic acids is 1. The zero-order chi connectivity index (χ0) is 14.5. The first kappa shape index (κ1) is 14.5. The van der Waals surface area contributed by atoms with E-state index in [0.717, 1.165) is 6.42 Å². The molecule has 2 aromatic rings. The average molecular weight is 294 g/mol. The Bertz CT molecular complexity index is 598. The third kappa shape index (κ3) is 3.54. The molecule has 0 radical (unpaired) electrons. The highest BCUT2D eigenvalue weighted by molar-refractivity contribution is 6.33.